The summed E-state index contributed by atoms with van der Waals surface area (Å²) in [5, 5.41) is 1.83. The highest BCUT2D eigenvalue weighted by atomic mass is 19.4. The third-order valence-electron chi connectivity index (χ3n) is 3.53. The zero-order chi connectivity index (χ0) is 16.2. The Labute approximate surface area is 127 Å². The molecule has 1 aromatic rings. The molecule has 2 N–H and O–H groups in total. The molecule has 22 heavy (non-hydrogen) atoms. The van der Waals surface area contributed by atoms with Crippen LogP contribution in [0.25, 0.3) is 6.08 Å². The van der Waals surface area contributed by atoms with Crippen molar-refractivity contribution in [2.24, 2.45) is 0 Å². The second-order valence-electron chi connectivity index (χ2n) is 5.38. The molecule has 1 amide bonds. The van der Waals surface area contributed by atoms with Crippen LogP contribution in [0.3, 0.4) is 0 Å². The number of rotatable bonds is 3. The Morgan fingerprint density at radius 1 is 1.32 bits per heavy atom. The lowest BCUT2D eigenvalue weighted by molar-refractivity contribution is -0.884. The summed E-state index contributed by atoms with van der Waals surface area (Å²) < 4.78 is 37.8. The van der Waals surface area contributed by atoms with Crippen LogP contribution in [-0.2, 0) is 11.0 Å². The molecule has 0 unspecified atom stereocenters. The molecule has 1 aliphatic rings. The first-order valence-electron chi connectivity index (χ1n) is 7.07. The smallest absolute Gasteiger partial charge is 0.335 e. The summed E-state index contributed by atoms with van der Waals surface area (Å²) in [6.07, 6.45) is -1.75. The van der Waals surface area contributed by atoms with Crippen molar-refractivity contribution in [3.8, 4) is 0 Å². The highest BCUT2D eigenvalue weighted by Crippen LogP contribution is 2.29. The van der Waals surface area contributed by atoms with Gasteiger partial charge in [0.1, 0.15) is 0 Å². The van der Waals surface area contributed by atoms with Crippen molar-refractivity contribution in [1.82, 2.24) is 10.4 Å². The maximum atomic E-state index is 12.6. The Hall–Kier alpha value is -1.86. The number of nitrogens with zero attached hydrogens (tertiary/aromatic N) is 1. The number of likely N-dealkylation sites (N-methyl/N-ethyl adjacent to an activating group) is 1. The van der Waals surface area contributed by atoms with Crippen LogP contribution in [-0.4, -0.2) is 44.1 Å². The second kappa shape index (κ2) is 6.93. The number of hydrogen-bond acceptors (Lipinski definition) is 2. The van der Waals surface area contributed by atoms with Gasteiger partial charge >= 0.3 is 6.18 Å². The van der Waals surface area contributed by atoms with Crippen molar-refractivity contribution in [1.29, 1.82) is 0 Å². The number of alkyl halides is 3. The minimum Gasteiger partial charge on any atom is -0.335 e. The van der Waals surface area contributed by atoms with E-state index in [2.05, 4.69) is 12.5 Å². The van der Waals surface area contributed by atoms with E-state index in [0.29, 0.717) is 5.56 Å². The van der Waals surface area contributed by atoms with Crippen LogP contribution >= 0.6 is 0 Å². The third kappa shape index (κ3) is 4.85. The van der Waals surface area contributed by atoms with Gasteiger partial charge in [-0.15, -0.1) is 0 Å². The minimum atomic E-state index is -4.38. The summed E-state index contributed by atoms with van der Waals surface area (Å²) in [5.41, 5.74) is 2.34. The Bertz CT molecular complexity index is 549. The first kappa shape index (κ1) is 16.5. The van der Waals surface area contributed by atoms with Crippen LogP contribution in [0.5, 0.6) is 0 Å². The van der Waals surface area contributed by atoms with Gasteiger partial charge < -0.3 is 4.90 Å². The van der Waals surface area contributed by atoms with E-state index in [0.717, 1.165) is 38.3 Å². The van der Waals surface area contributed by atoms with E-state index >= 15 is 0 Å². The topological polar surface area (TPSA) is 36.8 Å². The summed E-state index contributed by atoms with van der Waals surface area (Å²) in [4.78, 5) is 13.2. The van der Waals surface area contributed by atoms with Crippen molar-refractivity contribution in [2.75, 3.05) is 33.2 Å². The van der Waals surface area contributed by atoms with Gasteiger partial charge in [-0.1, -0.05) is 12.1 Å². The fourth-order valence-electron chi connectivity index (χ4n) is 2.18. The highest BCUT2D eigenvalue weighted by Gasteiger charge is 2.30. The van der Waals surface area contributed by atoms with Gasteiger partial charge in [0.15, 0.2) is 0 Å². The summed E-state index contributed by atoms with van der Waals surface area (Å²) in [7, 11) is 2.09. The van der Waals surface area contributed by atoms with Crippen molar-refractivity contribution in [3.05, 3.63) is 41.5 Å². The van der Waals surface area contributed by atoms with Gasteiger partial charge in [0.25, 0.3) is 5.91 Å². The van der Waals surface area contributed by atoms with Crippen LogP contribution < -0.4 is 10.3 Å². The standard InChI is InChI=1S/C15H18F3N3O/c1-20-7-9-21(10-8-20)19-14(22)6-5-12-3-2-4-13(11-12)15(16,17)18/h2-6,11H,7-10H2,1H3,(H,19,22)/p+1/b6-5+. The number of nitrogens with one attached hydrogen (secondary N) is 2. The van der Waals surface area contributed by atoms with Crippen molar-refractivity contribution in [3.63, 3.8) is 0 Å². The SMILES string of the molecule is C[NH+]1CCN(NC(=O)/C=C/c2cccc(C(F)(F)F)c2)CC1. The first-order valence-corrected chi connectivity index (χ1v) is 7.07. The van der Waals surface area contributed by atoms with Crippen molar-refractivity contribution >= 4 is 12.0 Å². The molecule has 1 aliphatic heterocycles. The van der Waals surface area contributed by atoms with Gasteiger partial charge in [0.05, 0.1) is 38.8 Å². The third-order valence-corrected chi connectivity index (χ3v) is 3.53. The molecular weight excluding hydrogens is 295 g/mol. The molecule has 0 aliphatic carbocycles. The summed E-state index contributed by atoms with van der Waals surface area (Å²) in [6, 6.07) is 4.87. The molecule has 120 valence electrons. The maximum absolute atomic E-state index is 12.6. The van der Waals surface area contributed by atoms with Gasteiger partial charge in [-0.25, -0.2) is 5.01 Å². The number of benzene rings is 1. The predicted molar refractivity (Wildman–Crippen MR) is 76.8 cm³/mol. The molecule has 7 heteroatoms. The summed E-state index contributed by atoms with van der Waals surface area (Å²) in [5.74, 6) is -0.336. The largest absolute Gasteiger partial charge is 0.416 e. The predicted octanol–water partition coefficient (Wildman–Crippen LogP) is 0.580. The van der Waals surface area contributed by atoms with Gasteiger partial charge in [0.2, 0.25) is 0 Å². The number of hydrogen-bond donors (Lipinski definition) is 2. The van der Waals surface area contributed by atoms with Gasteiger partial charge in [-0.2, -0.15) is 13.2 Å². The Morgan fingerprint density at radius 3 is 2.64 bits per heavy atom. The number of piperazine rings is 1. The van der Waals surface area contributed by atoms with E-state index in [1.54, 1.807) is 0 Å². The van der Waals surface area contributed by atoms with Crippen LogP contribution in [0.2, 0.25) is 0 Å². The van der Waals surface area contributed by atoms with Crippen LogP contribution in [0.15, 0.2) is 30.3 Å². The van der Waals surface area contributed by atoms with E-state index < -0.39 is 11.7 Å². The molecule has 1 aromatic carbocycles. The second-order valence-corrected chi connectivity index (χ2v) is 5.38. The molecule has 1 fully saturated rings. The molecule has 0 spiro atoms. The lowest BCUT2D eigenvalue weighted by Crippen LogP contribution is -3.12. The van der Waals surface area contributed by atoms with Gasteiger partial charge in [-0.3, -0.25) is 10.2 Å². The van der Waals surface area contributed by atoms with Gasteiger partial charge in [0, 0.05) is 6.08 Å². The van der Waals surface area contributed by atoms with E-state index in [4.69, 9.17) is 0 Å². The molecule has 0 bridgehead atoms. The highest BCUT2D eigenvalue weighted by molar-refractivity contribution is 5.91. The van der Waals surface area contributed by atoms with Crippen molar-refractivity contribution in [2.45, 2.75) is 6.18 Å². The Morgan fingerprint density at radius 2 is 2.00 bits per heavy atom. The number of amides is 1. The minimum absolute atomic E-state index is 0.336. The molecular formula is C15H19F3N3O+. The fraction of sp³-hybridized carbons (Fsp3) is 0.400. The lowest BCUT2D eigenvalue weighted by atomic mass is 10.1. The molecule has 1 saturated heterocycles. The first-order chi connectivity index (χ1) is 10.3. The Kier molecular flexibility index (Phi) is 5.20. The van der Waals surface area contributed by atoms with E-state index in [9.17, 15) is 18.0 Å². The monoisotopic (exact) mass is 314 g/mol. The molecule has 2 rings (SSSR count). The molecule has 0 aromatic heterocycles. The normalized spacial score (nSPS) is 17.8. The summed E-state index contributed by atoms with van der Waals surface area (Å²) >= 11 is 0. The fourth-order valence-corrected chi connectivity index (χ4v) is 2.18. The number of hydrazine groups is 1. The number of halogens is 3. The quantitative estimate of drug-likeness (QED) is 0.801. The maximum Gasteiger partial charge on any atom is 0.416 e. The van der Waals surface area contributed by atoms with Gasteiger partial charge in [-0.05, 0) is 23.8 Å². The van der Waals surface area contributed by atoms with E-state index in [-0.39, 0.29) is 5.91 Å². The van der Waals surface area contributed by atoms with Crippen LogP contribution in [0.1, 0.15) is 11.1 Å². The summed E-state index contributed by atoms with van der Waals surface area (Å²) in [6.45, 7) is 3.40. The Balaban J connectivity index is 1.92. The van der Waals surface area contributed by atoms with Crippen LogP contribution in [0.4, 0.5) is 13.2 Å². The number of carbonyl (C=O) groups excluding carboxylic acids is 1. The molecule has 1 heterocycles. The van der Waals surface area contributed by atoms with E-state index in [1.807, 2.05) is 5.01 Å². The van der Waals surface area contributed by atoms with Crippen LogP contribution in [0, 0.1) is 0 Å². The molecule has 0 atom stereocenters. The zero-order valence-corrected chi connectivity index (χ0v) is 12.3. The van der Waals surface area contributed by atoms with Crippen molar-refractivity contribution < 1.29 is 22.9 Å². The van der Waals surface area contributed by atoms with E-state index in [1.165, 1.54) is 29.2 Å². The average Bonchev–Trinajstić information content (AvgIpc) is 2.47. The molecule has 0 saturated carbocycles. The molecule has 0 radical (unpaired) electrons. The number of quaternary nitrogens is 1. The average molecular weight is 314 g/mol. The number of carbonyl (C=O) groups is 1. The lowest BCUT2D eigenvalue weighted by Gasteiger charge is -2.29. The molecule has 4 nitrogen and oxygen atoms in total. The zero-order valence-electron chi connectivity index (χ0n) is 12.3.